The Morgan fingerprint density at radius 3 is 2.81 bits per heavy atom. The molecule has 0 spiro atoms. The fourth-order valence-electron chi connectivity index (χ4n) is 1.67. The first kappa shape index (κ1) is 15.5. The predicted octanol–water partition coefficient (Wildman–Crippen LogP) is 2.37. The molecule has 1 saturated heterocycles. The molecule has 0 radical (unpaired) electrons. The number of aliphatic carboxylic acids is 1. The number of amides is 1. The van der Waals surface area contributed by atoms with Gasteiger partial charge in [0.1, 0.15) is 10.1 Å². The summed E-state index contributed by atoms with van der Waals surface area (Å²) in [5, 5.41) is 8.62. The van der Waals surface area contributed by atoms with Gasteiger partial charge in [0, 0.05) is 12.6 Å². The monoisotopic (exact) mass is 323 g/mol. The van der Waals surface area contributed by atoms with E-state index in [0.717, 1.165) is 5.56 Å². The van der Waals surface area contributed by atoms with Gasteiger partial charge in [-0.1, -0.05) is 42.2 Å². The van der Waals surface area contributed by atoms with Gasteiger partial charge < -0.3 is 9.84 Å². The largest absolute Gasteiger partial charge is 0.492 e. The van der Waals surface area contributed by atoms with Gasteiger partial charge in [0.15, 0.2) is 0 Å². The van der Waals surface area contributed by atoms with Gasteiger partial charge in [-0.15, -0.1) is 0 Å². The lowest BCUT2D eigenvalue weighted by Gasteiger charge is -2.08. The van der Waals surface area contributed by atoms with Crippen molar-refractivity contribution < 1.29 is 19.4 Å². The first-order valence-electron chi connectivity index (χ1n) is 6.14. The summed E-state index contributed by atoms with van der Waals surface area (Å²) in [5.74, 6) is -0.523. The smallest absolute Gasteiger partial charge is 0.306 e. The molecule has 1 aromatic carbocycles. The molecule has 1 aromatic rings. The number of carboxylic acid groups (broad SMARTS) is 1. The molecular weight excluding hydrogens is 310 g/mol. The Kier molecular flexibility index (Phi) is 4.98. The fraction of sp³-hybridized carbons (Fsp3) is 0.214. The van der Waals surface area contributed by atoms with Gasteiger partial charge in [-0.2, -0.15) is 0 Å². The molecule has 21 heavy (non-hydrogen) atoms. The van der Waals surface area contributed by atoms with Gasteiger partial charge in [0.2, 0.25) is 0 Å². The minimum atomic E-state index is -0.917. The maximum atomic E-state index is 12.0. The van der Waals surface area contributed by atoms with Crippen LogP contribution in [0.3, 0.4) is 0 Å². The first-order valence-corrected chi connectivity index (χ1v) is 7.36. The standard InChI is InChI=1S/C14H13NO4S2/c1-15-13(18)11(21-14(15)20)8-9-4-2-3-5-10(9)19-7-6-12(16)17/h2-5,8H,6-7H2,1H3,(H,16,17)/b11-8+. The molecule has 0 unspecified atom stereocenters. The van der Waals surface area contributed by atoms with Crippen LogP contribution in [0.25, 0.3) is 6.08 Å². The predicted molar refractivity (Wildman–Crippen MR) is 85.1 cm³/mol. The van der Waals surface area contributed by atoms with Crippen LogP contribution in [0.15, 0.2) is 29.2 Å². The van der Waals surface area contributed by atoms with Crippen molar-refractivity contribution in [2.75, 3.05) is 13.7 Å². The Bertz CT molecular complexity index is 627. The van der Waals surface area contributed by atoms with Crippen molar-refractivity contribution in [2.24, 2.45) is 0 Å². The van der Waals surface area contributed by atoms with Gasteiger partial charge >= 0.3 is 5.97 Å². The summed E-state index contributed by atoms with van der Waals surface area (Å²) < 4.78 is 5.96. The van der Waals surface area contributed by atoms with Crippen LogP contribution in [0.4, 0.5) is 0 Å². The summed E-state index contributed by atoms with van der Waals surface area (Å²) in [7, 11) is 1.63. The second kappa shape index (κ2) is 6.73. The molecule has 1 fully saturated rings. The van der Waals surface area contributed by atoms with Crippen molar-refractivity contribution in [3.05, 3.63) is 34.7 Å². The van der Waals surface area contributed by atoms with Crippen LogP contribution in [-0.2, 0) is 9.59 Å². The van der Waals surface area contributed by atoms with E-state index in [1.807, 2.05) is 6.07 Å². The number of hydrogen-bond donors (Lipinski definition) is 1. The van der Waals surface area contributed by atoms with Crippen LogP contribution in [0, 0.1) is 0 Å². The quantitative estimate of drug-likeness (QED) is 0.663. The van der Waals surface area contributed by atoms with Gasteiger partial charge in [-0.05, 0) is 12.1 Å². The lowest BCUT2D eigenvalue weighted by Crippen LogP contribution is -2.22. The number of carbonyl (C=O) groups excluding carboxylic acids is 1. The Hall–Kier alpha value is -1.86. The maximum absolute atomic E-state index is 12.0. The molecule has 0 aliphatic carbocycles. The van der Waals surface area contributed by atoms with E-state index in [9.17, 15) is 9.59 Å². The zero-order valence-electron chi connectivity index (χ0n) is 11.2. The van der Waals surface area contributed by atoms with E-state index in [1.165, 1.54) is 16.7 Å². The van der Waals surface area contributed by atoms with Crippen LogP contribution in [-0.4, -0.2) is 39.9 Å². The molecule has 2 rings (SSSR count). The Morgan fingerprint density at radius 2 is 2.19 bits per heavy atom. The summed E-state index contributed by atoms with van der Waals surface area (Å²) in [6, 6.07) is 7.15. The van der Waals surface area contributed by atoms with Crippen molar-refractivity contribution in [3.63, 3.8) is 0 Å². The van der Waals surface area contributed by atoms with E-state index in [-0.39, 0.29) is 18.9 Å². The highest BCUT2D eigenvalue weighted by Crippen LogP contribution is 2.33. The number of benzene rings is 1. The second-order valence-corrected chi connectivity index (χ2v) is 5.95. The van der Waals surface area contributed by atoms with E-state index < -0.39 is 5.97 Å². The highest BCUT2D eigenvalue weighted by Gasteiger charge is 2.28. The average Bonchev–Trinajstić information content (AvgIpc) is 2.68. The Morgan fingerprint density at radius 1 is 1.48 bits per heavy atom. The molecule has 0 atom stereocenters. The molecule has 1 aliphatic heterocycles. The zero-order valence-corrected chi connectivity index (χ0v) is 12.9. The van der Waals surface area contributed by atoms with Gasteiger partial charge in [0.25, 0.3) is 5.91 Å². The highest BCUT2D eigenvalue weighted by molar-refractivity contribution is 8.26. The van der Waals surface area contributed by atoms with E-state index in [4.69, 9.17) is 22.1 Å². The summed E-state index contributed by atoms with van der Waals surface area (Å²) in [6.07, 6.45) is 1.63. The average molecular weight is 323 g/mol. The molecule has 1 amide bonds. The number of nitrogens with zero attached hydrogens (tertiary/aromatic N) is 1. The van der Waals surface area contributed by atoms with E-state index in [1.54, 1.807) is 31.3 Å². The van der Waals surface area contributed by atoms with Crippen molar-refractivity contribution in [1.29, 1.82) is 0 Å². The number of thiocarbonyl (C=S) groups is 1. The molecule has 110 valence electrons. The third-order valence-corrected chi connectivity index (χ3v) is 4.25. The summed E-state index contributed by atoms with van der Waals surface area (Å²) in [6.45, 7) is 0.0783. The number of rotatable bonds is 5. The Balaban J connectivity index is 2.19. The summed E-state index contributed by atoms with van der Waals surface area (Å²) >= 11 is 6.31. The number of hydrogen-bond acceptors (Lipinski definition) is 5. The lowest BCUT2D eigenvalue weighted by atomic mass is 10.2. The Labute approximate surface area is 131 Å². The summed E-state index contributed by atoms with van der Waals surface area (Å²) in [4.78, 5) is 24.4. The highest BCUT2D eigenvalue weighted by atomic mass is 32.2. The molecule has 0 aromatic heterocycles. The van der Waals surface area contributed by atoms with Crippen molar-refractivity contribution in [3.8, 4) is 5.75 Å². The number of ether oxygens (including phenoxy) is 1. The lowest BCUT2D eigenvalue weighted by molar-refractivity contribution is -0.137. The molecule has 0 bridgehead atoms. The number of likely N-dealkylation sites (N-methyl/N-ethyl adjacent to an activating group) is 1. The minimum absolute atomic E-state index is 0.0780. The molecule has 1 aliphatic rings. The molecule has 1 N–H and O–H groups in total. The zero-order chi connectivity index (χ0) is 15.4. The number of carboxylic acids is 1. The second-order valence-electron chi connectivity index (χ2n) is 4.27. The topological polar surface area (TPSA) is 66.8 Å². The van der Waals surface area contributed by atoms with Gasteiger partial charge in [0.05, 0.1) is 17.9 Å². The molecular formula is C14H13NO4S2. The minimum Gasteiger partial charge on any atom is -0.492 e. The van der Waals surface area contributed by atoms with Crippen molar-refractivity contribution >= 4 is 46.3 Å². The van der Waals surface area contributed by atoms with Crippen molar-refractivity contribution in [2.45, 2.75) is 6.42 Å². The SMILES string of the molecule is CN1C(=O)/C(=C\c2ccccc2OCCC(=O)O)SC1=S. The molecule has 5 nitrogen and oxygen atoms in total. The van der Waals surface area contributed by atoms with E-state index in [2.05, 4.69) is 0 Å². The fourth-order valence-corrected chi connectivity index (χ4v) is 2.84. The summed E-state index contributed by atoms with van der Waals surface area (Å²) in [5.41, 5.74) is 0.719. The number of carbonyl (C=O) groups is 2. The van der Waals surface area contributed by atoms with E-state index >= 15 is 0 Å². The van der Waals surface area contributed by atoms with Crippen molar-refractivity contribution in [1.82, 2.24) is 4.90 Å². The molecule has 0 saturated carbocycles. The third-order valence-electron chi connectivity index (χ3n) is 2.77. The number of thioether (sulfide) groups is 1. The van der Waals surface area contributed by atoms with Crippen LogP contribution in [0.2, 0.25) is 0 Å². The van der Waals surface area contributed by atoms with Gasteiger partial charge in [-0.3, -0.25) is 14.5 Å². The van der Waals surface area contributed by atoms with Gasteiger partial charge in [-0.25, -0.2) is 0 Å². The maximum Gasteiger partial charge on any atom is 0.306 e. The molecule has 7 heteroatoms. The molecule has 1 heterocycles. The first-order chi connectivity index (χ1) is 9.99. The normalized spacial score (nSPS) is 16.6. The number of para-hydroxylation sites is 1. The van der Waals surface area contributed by atoms with Crippen LogP contribution in [0.1, 0.15) is 12.0 Å². The van der Waals surface area contributed by atoms with E-state index in [0.29, 0.717) is 15.0 Å². The van der Waals surface area contributed by atoms with Crippen LogP contribution in [0.5, 0.6) is 5.75 Å². The van der Waals surface area contributed by atoms with Crippen LogP contribution < -0.4 is 4.74 Å². The third kappa shape index (κ3) is 3.83. The van der Waals surface area contributed by atoms with Crippen LogP contribution >= 0.6 is 24.0 Å².